The minimum absolute atomic E-state index is 0.240. The molecule has 2 aliphatic heterocycles. The van der Waals surface area contributed by atoms with Gasteiger partial charge in [-0.15, -0.1) is 0 Å². The van der Waals surface area contributed by atoms with Crippen LogP contribution in [0.3, 0.4) is 0 Å². The SMILES string of the molecule is O=C(CCCCCCCCCCCCCCC(=O)N[C@@H]1[C@@H](O)[C@H](O)[C@@H](CO)O[C@H]1O)N[C@@H]1[C@@H](O)[C@H](O)[C@@H](CO)O[C@H]1O. The Labute approximate surface area is 247 Å². The second-order valence-electron chi connectivity index (χ2n) is 11.4. The minimum Gasteiger partial charge on any atom is -0.394 e. The van der Waals surface area contributed by atoms with Crippen LogP contribution < -0.4 is 10.6 Å². The predicted octanol–water partition coefficient (Wildman–Crippen LogP) is -1.72. The van der Waals surface area contributed by atoms with Crippen LogP contribution >= 0.6 is 0 Å². The number of unbranched alkanes of at least 4 members (excludes halogenated alkanes) is 11. The van der Waals surface area contributed by atoms with Crippen molar-refractivity contribution in [2.75, 3.05) is 13.2 Å². The summed E-state index contributed by atoms with van der Waals surface area (Å²) in [5.74, 6) is -0.685. The maximum Gasteiger partial charge on any atom is 0.220 e. The van der Waals surface area contributed by atoms with E-state index < -0.39 is 74.5 Å². The molecule has 0 bridgehead atoms. The molecule has 0 spiro atoms. The van der Waals surface area contributed by atoms with E-state index in [9.17, 15) is 40.2 Å². The van der Waals surface area contributed by atoms with Gasteiger partial charge in [-0.3, -0.25) is 9.59 Å². The molecule has 14 nitrogen and oxygen atoms in total. The maximum atomic E-state index is 12.2. The van der Waals surface area contributed by atoms with Gasteiger partial charge in [0.25, 0.3) is 0 Å². The first-order valence-electron chi connectivity index (χ1n) is 15.3. The summed E-state index contributed by atoms with van der Waals surface area (Å²) in [5, 5.41) is 83.0. The zero-order chi connectivity index (χ0) is 31.1. The van der Waals surface area contributed by atoms with E-state index >= 15 is 0 Å². The summed E-state index contributed by atoms with van der Waals surface area (Å²) in [6.45, 7) is -1.11. The Morgan fingerprint density at radius 1 is 0.476 bits per heavy atom. The summed E-state index contributed by atoms with van der Waals surface area (Å²) >= 11 is 0. The van der Waals surface area contributed by atoms with Gasteiger partial charge in [-0.05, 0) is 12.8 Å². The second-order valence-corrected chi connectivity index (χ2v) is 11.4. The van der Waals surface area contributed by atoms with E-state index in [1.165, 1.54) is 0 Å². The molecular weight excluding hydrogens is 556 g/mol. The molecule has 2 heterocycles. The number of ether oxygens (including phenoxy) is 2. The minimum atomic E-state index is -1.51. The zero-order valence-electron chi connectivity index (χ0n) is 24.3. The van der Waals surface area contributed by atoms with Crippen LogP contribution in [0.1, 0.15) is 89.9 Å². The van der Waals surface area contributed by atoms with Gasteiger partial charge in [-0.25, -0.2) is 0 Å². The first-order chi connectivity index (χ1) is 20.1. The molecular formula is C28H52N2O12. The van der Waals surface area contributed by atoms with Crippen molar-refractivity contribution in [2.45, 2.75) is 151 Å². The average Bonchev–Trinajstić information content (AvgIpc) is 2.97. The smallest absolute Gasteiger partial charge is 0.220 e. The zero-order valence-corrected chi connectivity index (χ0v) is 24.3. The molecule has 246 valence electrons. The van der Waals surface area contributed by atoms with Crippen molar-refractivity contribution in [1.82, 2.24) is 10.6 Å². The topological polar surface area (TPSA) is 238 Å². The molecule has 2 saturated heterocycles. The first-order valence-corrected chi connectivity index (χ1v) is 15.3. The van der Waals surface area contributed by atoms with Crippen LogP contribution in [0.15, 0.2) is 0 Å². The lowest BCUT2D eigenvalue weighted by atomic mass is 9.97. The molecule has 0 aromatic heterocycles. The van der Waals surface area contributed by atoms with Gasteiger partial charge in [0, 0.05) is 12.8 Å². The molecule has 10 atom stereocenters. The van der Waals surface area contributed by atoms with Crippen molar-refractivity contribution in [2.24, 2.45) is 0 Å². The number of carbonyl (C=O) groups excluding carboxylic acids is 2. The monoisotopic (exact) mass is 608 g/mol. The molecule has 2 fully saturated rings. The molecule has 10 N–H and O–H groups in total. The second kappa shape index (κ2) is 19.7. The molecule has 0 radical (unpaired) electrons. The number of hydrogen-bond donors (Lipinski definition) is 10. The van der Waals surface area contributed by atoms with E-state index in [-0.39, 0.29) is 24.7 Å². The summed E-state index contributed by atoms with van der Waals surface area (Å²) in [7, 11) is 0. The van der Waals surface area contributed by atoms with Crippen molar-refractivity contribution < 1.29 is 59.9 Å². The summed E-state index contributed by atoms with van der Waals surface area (Å²) in [5.41, 5.74) is 0. The highest BCUT2D eigenvalue weighted by Gasteiger charge is 2.45. The predicted molar refractivity (Wildman–Crippen MR) is 148 cm³/mol. The fourth-order valence-corrected chi connectivity index (χ4v) is 5.36. The van der Waals surface area contributed by atoms with Crippen LogP contribution in [0.25, 0.3) is 0 Å². The Balaban J connectivity index is 1.39. The number of hydrogen-bond acceptors (Lipinski definition) is 12. The molecule has 42 heavy (non-hydrogen) atoms. The van der Waals surface area contributed by atoms with Crippen LogP contribution in [-0.2, 0) is 19.1 Å². The fraction of sp³-hybridized carbons (Fsp3) is 0.929. The van der Waals surface area contributed by atoms with E-state index in [2.05, 4.69) is 10.6 Å². The van der Waals surface area contributed by atoms with Crippen LogP contribution in [-0.4, -0.2) is 127 Å². The van der Waals surface area contributed by atoms with Crippen LogP contribution in [0.4, 0.5) is 0 Å². The lowest BCUT2D eigenvalue weighted by molar-refractivity contribution is -0.253. The lowest BCUT2D eigenvalue weighted by Crippen LogP contribution is -2.64. The average molecular weight is 609 g/mol. The summed E-state index contributed by atoms with van der Waals surface area (Å²) in [6.07, 6.45) is 1.35. The van der Waals surface area contributed by atoms with Crippen LogP contribution in [0.5, 0.6) is 0 Å². The van der Waals surface area contributed by atoms with Gasteiger partial charge in [0.1, 0.15) is 48.7 Å². The Morgan fingerprint density at radius 2 is 0.762 bits per heavy atom. The molecule has 14 heteroatoms. The van der Waals surface area contributed by atoms with Crippen molar-refractivity contribution in [3.63, 3.8) is 0 Å². The quantitative estimate of drug-likeness (QED) is 0.0737. The number of aliphatic hydroxyl groups excluding tert-OH is 8. The van der Waals surface area contributed by atoms with Crippen molar-refractivity contribution in [1.29, 1.82) is 0 Å². The number of carbonyl (C=O) groups is 2. The Morgan fingerprint density at radius 3 is 1.05 bits per heavy atom. The van der Waals surface area contributed by atoms with Gasteiger partial charge >= 0.3 is 0 Å². The van der Waals surface area contributed by atoms with Crippen LogP contribution in [0, 0.1) is 0 Å². The van der Waals surface area contributed by atoms with Crippen molar-refractivity contribution >= 4 is 11.8 Å². The van der Waals surface area contributed by atoms with E-state index in [4.69, 9.17) is 19.7 Å². The standard InChI is InChI=1S/C28H52N2O12/c31-15-17-23(35)25(37)21(27(39)41-17)29-19(33)13-11-9-7-5-3-1-2-4-6-8-10-12-14-20(34)30-22-26(38)24(36)18(16-32)42-28(22)40/h17-18,21-28,31-32,35-40H,1-16H2,(H,29,33)(H,30,34)/t17-,18-,21-,22-,23-,24-,25-,26-,27-,28-/m1/s1. The molecule has 0 saturated carbocycles. The third-order valence-corrected chi connectivity index (χ3v) is 8.01. The number of nitrogens with one attached hydrogen (secondary N) is 2. The highest BCUT2D eigenvalue weighted by molar-refractivity contribution is 5.76. The Kier molecular flexibility index (Phi) is 17.3. The van der Waals surface area contributed by atoms with E-state index in [1.54, 1.807) is 0 Å². The Hall–Kier alpha value is -1.46. The summed E-state index contributed by atoms with van der Waals surface area (Å²) in [4.78, 5) is 24.3. The Bertz CT molecular complexity index is 715. The normalized spacial score (nSPS) is 33.3. The molecule has 0 aromatic carbocycles. The van der Waals surface area contributed by atoms with Gasteiger partial charge in [-0.1, -0.05) is 64.2 Å². The van der Waals surface area contributed by atoms with Crippen molar-refractivity contribution in [3.8, 4) is 0 Å². The first kappa shape index (κ1) is 36.7. The van der Waals surface area contributed by atoms with Gasteiger partial charge in [0.2, 0.25) is 11.8 Å². The maximum absolute atomic E-state index is 12.2. The number of aliphatic hydroxyl groups is 8. The molecule has 2 amide bonds. The van der Waals surface area contributed by atoms with Gasteiger partial charge < -0.3 is 61.0 Å². The van der Waals surface area contributed by atoms with E-state index in [0.717, 1.165) is 64.2 Å². The third kappa shape index (κ3) is 11.9. The van der Waals surface area contributed by atoms with E-state index in [0.29, 0.717) is 12.8 Å². The van der Waals surface area contributed by atoms with Crippen molar-refractivity contribution in [3.05, 3.63) is 0 Å². The van der Waals surface area contributed by atoms with E-state index in [1.807, 2.05) is 0 Å². The number of amides is 2. The highest BCUT2D eigenvalue weighted by atomic mass is 16.6. The molecule has 0 aliphatic carbocycles. The summed E-state index contributed by atoms with van der Waals surface area (Å²) < 4.78 is 10.1. The van der Waals surface area contributed by atoms with Gasteiger partial charge in [-0.2, -0.15) is 0 Å². The van der Waals surface area contributed by atoms with Gasteiger partial charge in [0.15, 0.2) is 12.6 Å². The van der Waals surface area contributed by atoms with Gasteiger partial charge in [0.05, 0.1) is 13.2 Å². The van der Waals surface area contributed by atoms with Crippen LogP contribution in [0.2, 0.25) is 0 Å². The molecule has 2 rings (SSSR count). The summed E-state index contributed by atoms with van der Waals surface area (Å²) in [6, 6.07) is -2.31. The molecule has 0 unspecified atom stereocenters. The fourth-order valence-electron chi connectivity index (χ4n) is 5.36. The highest BCUT2D eigenvalue weighted by Crippen LogP contribution is 2.21. The molecule has 2 aliphatic rings. The third-order valence-electron chi connectivity index (χ3n) is 8.01. The molecule has 0 aromatic rings. The largest absolute Gasteiger partial charge is 0.394 e. The lowest BCUT2D eigenvalue weighted by Gasteiger charge is -2.40. The number of rotatable bonds is 19.